The van der Waals surface area contributed by atoms with Crippen molar-refractivity contribution in [2.45, 2.75) is 32.8 Å². The highest BCUT2D eigenvalue weighted by Crippen LogP contribution is 2.06. The second-order valence-electron chi connectivity index (χ2n) is 4.10. The standard InChI is InChI=1S/C10H19N2O4/c1-5-6-11-8(13)7-15-12-9(14)16-10(2,3)4/h1,5-7H2,2-4H3,(H,11,13)(H,12,14). The molecule has 0 spiro atoms. The minimum atomic E-state index is -0.725. The van der Waals surface area contributed by atoms with Gasteiger partial charge in [-0.25, -0.2) is 4.79 Å². The highest BCUT2D eigenvalue weighted by atomic mass is 16.7. The van der Waals surface area contributed by atoms with Crippen LogP contribution in [0.4, 0.5) is 4.79 Å². The van der Waals surface area contributed by atoms with Crippen LogP contribution in [0.15, 0.2) is 0 Å². The molecule has 0 aromatic rings. The molecule has 6 heteroatoms. The van der Waals surface area contributed by atoms with E-state index in [2.05, 4.69) is 17.1 Å². The van der Waals surface area contributed by atoms with Gasteiger partial charge in [0.1, 0.15) is 5.60 Å². The van der Waals surface area contributed by atoms with Crippen molar-refractivity contribution in [2.24, 2.45) is 0 Å². The lowest BCUT2D eigenvalue weighted by atomic mass is 10.2. The molecule has 0 aromatic heterocycles. The topological polar surface area (TPSA) is 76.7 Å². The summed E-state index contributed by atoms with van der Waals surface area (Å²) in [6.07, 6.45) is -0.122. The van der Waals surface area contributed by atoms with Crippen molar-refractivity contribution in [3.63, 3.8) is 0 Å². The Morgan fingerprint density at radius 3 is 2.44 bits per heavy atom. The van der Waals surface area contributed by atoms with Gasteiger partial charge >= 0.3 is 6.09 Å². The summed E-state index contributed by atoms with van der Waals surface area (Å²) in [5, 5.41) is 2.54. The van der Waals surface area contributed by atoms with Gasteiger partial charge in [-0.1, -0.05) is 6.92 Å². The van der Waals surface area contributed by atoms with Crippen LogP contribution in [0.25, 0.3) is 0 Å². The van der Waals surface area contributed by atoms with Gasteiger partial charge in [-0.3, -0.25) is 9.63 Å². The average molecular weight is 231 g/mol. The second kappa shape index (κ2) is 7.05. The molecular weight excluding hydrogens is 212 g/mol. The van der Waals surface area contributed by atoms with Crippen LogP contribution in [0.5, 0.6) is 0 Å². The summed E-state index contributed by atoms with van der Waals surface area (Å²) in [6, 6.07) is 0. The molecule has 0 aliphatic rings. The smallest absolute Gasteiger partial charge is 0.431 e. The minimum absolute atomic E-state index is 0.251. The molecule has 0 fully saturated rings. The zero-order valence-corrected chi connectivity index (χ0v) is 9.96. The van der Waals surface area contributed by atoms with Gasteiger partial charge in [-0.05, 0) is 27.2 Å². The fourth-order valence-corrected chi connectivity index (χ4v) is 0.738. The summed E-state index contributed by atoms with van der Waals surface area (Å²) in [7, 11) is 0. The van der Waals surface area contributed by atoms with Gasteiger partial charge in [0.2, 0.25) is 5.91 Å². The van der Waals surface area contributed by atoms with Crippen molar-refractivity contribution in [3.05, 3.63) is 6.92 Å². The first kappa shape index (κ1) is 14.7. The molecule has 0 saturated carbocycles. The predicted molar refractivity (Wildman–Crippen MR) is 58.3 cm³/mol. The van der Waals surface area contributed by atoms with Crippen LogP contribution in [-0.4, -0.2) is 30.8 Å². The van der Waals surface area contributed by atoms with Crippen molar-refractivity contribution >= 4 is 12.0 Å². The maximum atomic E-state index is 11.1. The number of ether oxygens (including phenoxy) is 1. The van der Waals surface area contributed by atoms with Crippen molar-refractivity contribution in [1.82, 2.24) is 10.8 Å². The van der Waals surface area contributed by atoms with Gasteiger partial charge in [-0.15, -0.1) is 0 Å². The molecule has 0 atom stereocenters. The predicted octanol–water partition coefficient (Wildman–Crippen LogP) is 0.783. The summed E-state index contributed by atoms with van der Waals surface area (Å²) in [6.45, 7) is 8.98. The third-order valence-electron chi connectivity index (χ3n) is 1.26. The first-order valence-corrected chi connectivity index (χ1v) is 5.02. The van der Waals surface area contributed by atoms with E-state index in [4.69, 9.17) is 4.74 Å². The minimum Gasteiger partial charge on any atom is -0.442 e. The molecular formula is C10H19N2O4. The van der Waals surface area contributed by atoms with Crippen LogP contribution in [0.3, 0.4) is 0 Å². The van der Waals surface area contributed by atoms with Crippen LogP contribution in [0, 0.1) is 6.92 Å². The fraction of sp³-hybridized carbons (Fsp3) is 0.700. The third-order valence-corrected chi connectivity index (χ3v) is 1.26. The maximum absolute atomic E-state index is 11.1. The van der Waals surface area contributed by atoms with Gasteiger partial charge in [-0.2, -0.15) is 5.48 Å². The van der Waals surface area contributed by atoms with Crippen LogP contribution in [0.1, 0.15) is 27.2 Å². The van der Waals surface area contributed by atoms with E-state index in [0.717, 1.165) is 0 Å². The van der Waals surface area contributed by atoms with Crippen molar-refractivity contribution in [1.29, 1.82) is 0 Å². The molecule has 0 aromatic carbocycles. The lowest BCUT2D eigenvalue weighted by Crippen LogP contribution is -2.36. The Balaban J connectivity index is 3.58. The highest BCUT2D eigenvalue weighted by molar-refractivity contribution is 5.77. The molecule has 0 aliphatic carbocycles. The summed E-state index contributed by atoms with van der Waals surface area (Å²) in [5.41, 5.74) is 1.42. The molecule has 16 heavy (non-hydrogen) atoms. The lowest BCUT2D eigenvalue weighted by molar-refractivity contribution is -0.128. The van der Waals surface area contributed by atoms with Crippen LogP contribution in [0.2, 0.25) is 0 Å². The van der Waals surface area contributed by atoms with Crippen molar-refractivity contribution in [2.75, 3.05) is 13.2 Å². The normalized spacial score (nSPS) is 10.8. The van der Waals surface area contributed by atoms with Crippen LogP contribution >= 0.6 is 0 Å². The molecule has 93 valence electrons. The van der Waals surface area contributed by atoms with E-state index in [-0.39, 0.29) is 12.5 Å². The molecule has 6 nitrogen and oxygen atoms in total. The maximum Gasteiger partial charge on any atom is 0.431 e. The molecule has 0 bridgehead atoms. The monoisotopic (exact) mass is 231 g/mol. The molecule has 2 N–H and O–H groups in total. The average Bonchev–Trinajstić information content (AvgIpc) is 2.11. The van der Waals surface area contributed by atoms with E-state index in [9.17, 15) is 9.59 Å². The first-order chi connectivity index (χ1) is 7.35. The van der Waals surface area contributed by atoms with Crippen LogP contribution < -0.4 is 10.8 Å². The van der Waals surface area contributed by atoms with Gasteiger partial charge in [0, 0.05) is 6.54 Å². The number of carbonyl (C=O) groups excluding carboxylic acids is 2. The number of hydrogen-bond donors (Lipinski definition) is 2. The zero-order valence-electron chi connectivity index (χ0n) is 9.96. The van der Waals surface area contributed by atoms with E-state index >= 15 is 0 Å². The quantitative estimate of drug-likeness (QED) is 0.686. The second-order valence-corrected chi connectivity index (χ2v) is 4.10. The number of amides is 2. The van der Waals surface area contributed by atoms with Gasteiger partial charge in [0.25, 0.3) is 0 Å². The van der Waals surface area contributed by atoms with Crippen molar-refractivity contribution in [3.8, 4) is 0 Å². The van der Waals surface area contributed by atoms with E-state index in [1.165, 1.54) is 0 Å². The highest BCUT2D eigenvalue weighted by Gasteiger charge is 2.16. The Kier molecular flexibility index (Phi) is 6.48. The Morgan fingerprint density at radius 1 is 1.31 bits per heavy atom. The summed E-state index contributed by atoms with van der Waals surface area (Å²) >= 11 is 0. The largest absolute Gasteiger partial charge is 0.442 e. The van der Waals surface area contributed by atoms with Gasteiger partial charge < -0.3 is 10.1 Å². The van der Waals surface area contributed by atoms with E-state index in [0.29, 0.717) is 13.0 Å². The number of carbonyl (C=O) groups is 2. The van der Waals surface area contributed by atoms with E-state index in [1.807, 2.05) is 5.48 Å². The zero-order chi connectivity index (χ0) is 12.6. The Morgan fingerprint density at radius 2 is 1.94 bits per heavy atom. The van der Waals surface area contributed by atoms with Gasteiger partial charge in [0.15, 0.2) is 6.61 Å². The number of rotatable bonds is 5. The SMILES string of the molecule is [CH2]CCNC(=O)CONC(=O)OC(C)(C)C. The fourth-order valence-electron chi connectivity index (χ4n) is 0.738. The molecule has 0 saturated heterocycles. The molecule has 0 unspecified atom stereocenters. The molecule has 0 aliphatic heterocycles. The Labute approximate surface area is 95.6 Å². The van der Waals surface area contributed by atoms with Crippen molar-refractivity contribution < 1.29 is 19.2 Å². The molecule has 0 heterocycles. The lowest BCUT2D eigenvalue weighted by Gasteiger charge is -2.19. The van der Waals surface area contributed by atoms with Gasteiger partial charge in [0.05, 0.1) is 0 Å². The summed E-state index contributed by atoms with van der Waals surface area (Å²) < 4.78 is 4.88. The summed E-state index contributed by atoms with van der Waals surface area (Å²) in [5.74, 6) is -0.320. The molecule has 1 radical (unpaired) electrons. The molecule has 2 amide bonds. The van der Waals surface area contributed by atoms with E-state index in [1.54, 1.807) is 20.8 Å². The third kappa shape index (κ3) is 9.26. The first-order valence-electron chi connectivity index (χ1n) is 5.02. The number of hydrogen-bond acceptors (Lipinski definition) is 4. The van der Waals surface area contributed by atoms with Crippen LogP contribution in [-0.2, 0) is 14.4 Å². The Bertz CT molecular complexity index is 235. The molecule has 0 rings (SSSR count). The number of hydroxylamine groups is 1. The Hall–Kier alpha value is -1.30. The summed E-state index contributed by atoms with van der Waals surface area (Å²) in [4.78, 5) is 26.7. The number of nitrogens with one attached hydrogen (secondary N) is 2. The van der Waals surface area contributed by atoms with E-state index < -0.39 is 11.7 Å².